The summed E-state index contributed by atoms with van der Waals surface area (Å²) in [6.07, 6.45) is 0. The van der Waals surface area contributed by atoms with Crippen molar-refractivity contribution in [2.75, 3.05) is 12.4 Å². The Morgan fingerprint density at radius 1 is 0.964 bits per heavy atom. The maximum absolute atomic E-state index is 12.5. The third-order valence-electron chi connectivity index (χ3n) is 4.41. The third-order valence-corrected chi connectivity index (χ3v) is 5.38. The first-order valence-corrected chi connectivity index (χ1v) is 10.4. The monoisotopic (exact) mass is 391 g/mol. The number of amides is 1. The van der Waals surface area contributed by atoms with Gasteiger partial charge in [0.15, 0.2) is 0 Å². The molecule has 3 rings (SSSR count). The second kappa shape index (κ2) is 10.00. The van der Waals surface area contributed by atoms with Crippen LogP contribution in [0.2, 0.25) is 0 Å². The van der Waals surface area contributed by atoms with Gasteiger partial charge in [0.25, 0.3) is 5.91 Å². The molecule has 0 unspecified atom stereocenters. The lowest BCUT2D eigenvalue weighted by molar-refractivity contribution is 0.0940. The molecular formula is C24H25NO2S. The summed E-state index contributed by atoms with van der Waals surface area (Å²) in [5.41, 5.74) is 2.93. The second-order valence-electron chi connectivity index (χ2n) is 6.64. The van der Waals surface area contributed by atoms with E-state index < -0.39 is 0 Å². The number of nitrogens with one attached hydrogen (secondary N) is 1. The van der Waals surface area contributed by atoms with E-state index in [-0.39, 0.29) is 11.9 Å². The molecule has 1 amide bonds. The molecule has 0 radical (unpaired) electrons. The van der Waals surface area contributed by atoms with Crippen molar-refractivity contribution in [3.05, 3.63) is 95.6 Å². The lowest BCUT2D eigenvalue weighted by atomic mass is 10.1. The summed E-state index contributed by atoms with van der Waals surface area (Å²) in [7, 11) is 0. The van der Waals surface area contributed by atoms with Gasteiger partial charge < -0.3 is 10.1 Å². The van der Waals surface area contributed by atoms with Crippen LogP contribution in [0, 0.1) is 6.92 Å². The molecular weight excluding hydrogens is 366 g/mol. The highest BCUT2D eigenvalue weighted by Gasteiger charge is 2.11. The van der Waals surface area contributed by atoms with Crippen molar-refractivity contribution >= 4 is 17.7 Å². The van der Waals surface area contributed by atoms with Crippen molar-refractivity contribution in [1.82, 2.24) is 5.32 Å². The Kier molecular flexibility index (Phi) is 7.15. The number of aryl methyl sites for hydroxylation is 1. The van der Waals surface area contributed by atoms with Gasteiger partial charge >= 0.3 is 0 Å². The highest BCUT2D eigenvalue weighted by Crippen LogP contribution is 2.19. The zero-order chi connectivity index (χ0) is 19.8. The highest BCUT2D eigenvalue weighted by molar-refractivity contribution is 7.99. The van der Waals surface area contributed by atoms with Gasteiger partial charge in [0, 0.05) is 16.2 Å². The summed E-state index contributed by atoms with van der Waals surface area (Å²) in [6.45, 7) is 4.66. The number of ether oxygens (including phenoxy) is 1. The molecule has 0 saturated heterocycles. The van der Waals surface area contributed by atoms with Crippen molar-refractivity contribution in [2.45, 2.75) is 24.8 Å². The number of benzene rings is 3. The summed E-state index contributed by atoms with van der Waals surface area (Å²) in [5.74, 6) is 1.57. The van der Waals surface area contributed by atoms with Crippen molar-refractivity contribution in [3.8, 4) is 5.75 Å². The van der Waals surface area contributed by atoms with Gasteiger partial charge in [0.1, 0.15) is 5.75 Å². The van der Waals surface area contributed by atoms with Gasteiger partial charge in [0.05, 0.1) is 12.6 Å². The van der Waals surface area contributed by atoms with Crippen LogP contribution in [0.15, 0.2) is 83.8 Å². The minimum Gasteiger partial charge on any atom is -0.493 e. The Labute approximate surface area is 171 Å². The SMILES string of the molecule is Cc1ccc([C@@H](C)NC(=O)c2ccc(OCCSc3ccccc3)cc2)cc1. The average Bonchev–Trinajstić information content (AvgIpc) is 2.73. The van der Waals surface area contributed by atoms with E-state index in [9.17, 15) is 4.79 Å². The maximum atomic E-state index is 12.5. The standard InChI is InChI=1S/C24H25NO2S/c1-18-8-10-20(11-9-18)19(2)25-24(26)21-12-14-22(15-13-21)27-16-17-28-23-6-4-3-5-7-23/h3-15,19H,16-17H2,1-2H3,(H,25,26)/t19-/m1/s1. The Bertz CT molecular complexity index is 877. The van der Waals surface area contributed by atoms with Crippen LogP contribution in [0.5, 0.6) is 5.75 Å². The lowest BCUT2D eigenvalue weighted by Gasteiger charge is -2.15. The van der Waals surface area contributed by atoms with Gasteiger partial charge in [0.2, 0.25) is 0 Å². The van der Waals surface area contributed by atoms with Crippen LogP contribution in [0.25, 0.3) is 0 Å². The Morgan fingerprint density at radius 2 is 1.64 bits per heavy atom. The zero-order valence-electron chi connectivity index (χ0n) is 16.2. The van der Waals surface area contributed by atoms with Crippen LogP contribution in [0.1, 0.15) is 34.5 Å². The highest BCUT2D eigenvalue weighted by atomic mass is 32.2. The van der Waals surface area contributed by atoms with E-state index in [1.807, 2.05) is 49.4 Å². The maximum Gasteiger partial charge on any atom is 0.251 e. The molecule has 0 aliphatic heterocycles. The van der Waals surface area contributed by atoms with E-state index >= 15 is 0 Å². The van der Waals surface area contributed by atoms with Gasteiger partial charge in [-0.05, 0) is 55.8 Å². The van der Waals surface area contributed by atoms with Gasteiger partial charge in [-0.2, -0.15) is 0 Å². The molecule has 0 aromatic heterocycles. The molecule has 1 N–H and O–H groups in total. The number of carbonyl (C=O) groups excluding carboxylic acids is 1. The molecule has 0 fully saturated rings. The molecule has 0 bridgehead atoms. The lowest BCUT2D eigenvalue weighted by Crippen LogP contribution is -2.26. The minimum atomic E-state index is -0.0840. The first kappa shape index (κ1) is 20.0. The van der Waals surface area contributed by atoms with Crippen LogP contribution in [0.3, 0.4) is 0 Å². The first-order chi connectivity index (χ1) is 13.6. The van der Waals surface area contributed by atoms with Gasteiger partial charge in [-0.25, -0.2) is 0 Å². The fourth-order valence-electron chi connectivity index (χ4n) is 2.76. The third kappa shape index (κ3) is 5.89. The molecule has 0 aliphatic carbocycles. The quantitative estimate of drug-likeness (QED) is 0.398. The van der Waals surface area contributed by atoms with E-state index in [2.05, 4.69) is 36.5 Å². The van der Waals surface area contributed by atoms with Crippen LogP contribution >= 0.6 is 11.8 Å². The molecule has 3 aromatic rings. The largest absolute Gasteiger partial charge is 0.493 e. The van der Waals surface area contributed by atoms with E-state index in [0.717, 1.165) is 17.1 Å². The summed E-state index contributed by atoms with van der Waals surface area (Å²) >= 11 is 1.76. The number of thioether (sulfide) groups is 1. The Morgan fingerprint density at radius 3 is 2.32 bits per heavy atom. The summed E-state index contributed by atoms with van der Waals surface area (Å²) in [5, 5.41) is 3.04. The zero-order valence-corrected chi connectivity index (χ0v) is 17.0. The number of rotatable bonds is 8. The Hall–Kier alpha value is -2.72. The summed E-state index contributed by atoms with van der Waals surface area (Å²) in [6, 6.07) is 25.7. The summed E-state index contributed by atoms with van der Waals surface area (Å²) in [4.78, 5) is 13.7. The van der Waals surface area contributed by atoms with Crippen LogP contribution in [-0.4, -0.2) is 18.3 Å². The normalized spacial score (nSPS) is 11.6. The molecule has 144 valence electrons. The fraction of sp³-hybridized carbons (Fsp3) is 0.208. The number of carbonyl (C=O) groups is 1. The molecule has 0 heterocycles. The molecule has 28 heavy (non-hydrogen) atoms. The molecule has 0 saturated carbocycles. The van der Waals surface area contributed by atoms with Crippen molar-refractivity contribution in [3.63, 3.8) is 0 Å². The van der Waals surface area contributed by atoms with Crippen molar-refractivity contribution < 1.29 is 9.53 Å². The second-order valence-corrected chi connectivity index (χ2v) is 7.81. The van der Waals surface area contributed by atoms with Gasteiger partial charge in [-0.15, -0.1) is 11.8 Å². The predicted octanol–water partition coefficient (Wildman–Crippen LogP) is 5.66. The fourth-order valence-corrected chi connectivity index (χ4v) is 3.51. The molecule has 4 heteroatoms. The average molecular weight is 392 g/mol. The van der Waals surface area contributed by atoms with Gasteiger partial charge in [-0.1, -0.05) is 48.0 Å². The van der Waals surface area contributed by atoms with E-state index in [1.165, 1.54) is 10.5 Å². The topological polar surface area (TPSA) is 38.3 Å². The van der Waals surface area contributed by atoms with E-state index in [4.69, 9.17) is 4.74 Å². The molecule has 0 spiro atoms. The number of hydrogen-bond donors (Lipinski definition) is 1. The molecule has 1 atom stereocenters. The molecule has 0 aliphatic rings. The van der Waals surface area contributed by atoms with Crippen molar-refractivity contribution in [2.24, 2.45) is 0 Å². The minimum absolute atomic E-state index is 0.0426. The molecule has 3 aromatic carbocycles. The van der Waals surface area contributed by atoms with E-state index in [1.54, 1.807) is 23.9 Å². The smallest absolute Gasteiger partial charge is 0.251 e. The summed E-state index contributed by atoms with van der Waals surface area (Å²) < 4.78 is 5.77. The van der Waals surface area contributed by atoms with Crippen molar-refractivity contribution in [1.29, 1.82) is 0 Å². The van der Waals surface area contributed by atoms with Gasteiger partial charge in [-0.3, -0.25) is 4.79 Å². The first-order valence-electron chi connectivity index (χ1n) is 9.40. The predicted molar refractivity (Wildman–Crippen MR) is 116 cm³/mol. The van der Waals surface area contributed by atoms with Crippen LogP contribution < -0.4 is 10.1 Å². The van der Waals surface area contributed by atoms with Crippen LogP contribution in [-0.2, 0) is 0 Å². The van der Waals surface area contributed by atoms with Crippen LogP contribution in [0.4, 0.5) is 0 Å². The van der Waals surface area contributed by atoms with E-state index in [0.29, 0.717) is 12.2 Å². The number of hydrogen-bond acceptors (Lipinski definition) is 3. The molecule has 3 nitrogen and oxygen atoms in total. The Balaban J connectivity index is 1.46.